The average Bonchev–Trinajstić information content (AvgIpc) is 3.46. The molecule has 200 valence electrons. The van der Waals surface area contributed by atoms with Gasteiger partial charge in [0, 0.05) is 50.3 Å². The summed E-state index contributed by atoms with van der Waals surface area (Å²) < 4.78 is 17.5. The third-order valence-corrected chi connectivity index (χ3v) is 9.46. The first-order valence-corrected chi connectivity index (χ1v) is 14.0. The van der Waals surface area contributed by atoms with E-state index in [2.05, 4.69) is 21.7 Å². The monoisotopic (exact) mass is 528 g/mol. The van der Waals surface area contributed by atoms with Crippen molar-refractivity contribution in [1.29, 1.82) is 0 Å². The van der Waals surface area contributed by atoms with Crippen LogP contribution in [0, 0.1) is 11.3 Å². The van der Waals surface area contributed by atoms with Crippen molar-refractivity contribution >= 4 is 23.4 Å². The first-order valence-electron chi connectivity index (χ1n) is 13.2. The van der Waals surface area contributed by atoms with E-state index in [0.717, 1.165) is 79.4 Å². The van der Waals surface area contributed by atoms with Crippen LogP contribution >= 0.6 is 11.8 Å². The number of hydrogen-bond acceptors (Lipinski definition) is 11. The van der Waals surface area contributed by atoms with Crippen molar-refractivity contribution in [1.82, 2.24) is 15.0 Å². The summed E-state index contributed by atoms with van der Waals surface area (Å²) in [6, 6.07) is 2.35. The van der Waals surface area contributed by atoms with Crippen LogP contribution in [0.15, 0.2) is 28.4 Å². The molecule has 6 rings (SSSR count). The number of anilines is 2. The highest BCUT2D eigenvalue weighted by molar-refractivity contribution is 7.99. The lowest BCUT2D eigenvalue weighted by atomic mass is 9.73. The first kappa shape index (κ1) is 25.1. The normalized spacial score (nSPS) is 28.3. The van der Waals surface area contributed by atoms with Crippen molar-refractivity contribution < 1.29 is 19.3 Å². The molecule has 0 amide bonds. The summed E-state index contributed by atoms with van der Waals surface area (Å²) in [6.45, 7) is 6.58. The Hall–Kier alpha value is -2.18. The maximum atomic E-state index is 10.2. The Labute approximate surface area is 221 Å². The van der Waals surface area contributed by atoms with Gasteiger partial charge in [-0.3, -0.25) is 0 Å². The van der Waals surface area contributed by atoms with Gasteiger partial charge in [-0.25, -0.2) is 15.0 Å². The second-order valence-electron chi connectivity index (χ2n) is 10.8. The lowest BCUT2D eigenvalue weighted by molar-refractivity contribution is 0.0973. The van der Waals surface area contributed by atoms with Crippen LogP contribution in [0.1, 0.15) is 31.9 Å². The van der Waals surface area contributed by atoms with Crippen LogP contribution in [-0.4, -0.2) is 84.8 Å². The van der Waals surface area contributed by atoms with Crippen molar-refractivity contribution in [2.24, 2.45) is 17.1 Å². The molecule has 11 heteroatoms. The number of rotatable bonds is 6. The van der Waals surface area contributed by atoms with Crippen molar-refractivity contribution in [3.63, 3.8) is 0 Å². The minimum absolute atomic E-state index is 0.0386. The van der Waals surface area contributed by atoms with E-state index in [1.54, 1.807) is 13.3 Å². The van der Waals surface area contributed by atoms with Crippen molar-refractivity contribution in [2.45, 2.75) is 60.9 Å². The molecule has 3 fully saturated rings. The van der Waals surface area contributed by atoms with Crippen LogP contribution in [0.5, 0.6) is 5.75 Å². The fourth-order valence-corrected chi connectivity index (χ4v) is 7.24. The van der Waals surface area contributed by atoms with Gasteiger partial charge in [0.05, 0.1) is 43.1 Å². The van der Waals surface area contributed by atoms with Crippen LogP contribution in [0.25, 0.3) is 0 Å². The highest BCUT2D eigenvalue weighted by Crippen LogP contribution is 2.45. The van der Waals surface area contributed by atoms with Crippen LogP contribution in [0.2, 0.25) is 0 Å². The Kier molecular flexibility index (Phi) is 6.91. The zero-order valence-electron chi connectivity index (χ0n) is 21.5. The Morgan fingerprint density at radius 1 is 1.27 bits per heavy atom. The lowest BCUT2D eigenvalue weighted by Crippen LogP contribution is -2.51. The molecule has 0 radical (unpaired) electrons. The second kappa shape index (κ2) is 10.2. The predicted molar refractivity (Wildman–Crippen MR) is 140 cm³/mol. The number of aliphatic hydroxyl groups excluding tert-OH is 1. The molecule has 0 aromatic carbocycles. The van der Waals surface area contributed by atoms with Gasteiger partial charge in [0.1, 0.15) is 17.3 Å². The molecule has 4 aliphatic heterocycles. The Morgan fingerprint density at radius 3 is 2.84 bits per heavy atom. The summed E-state index contributed by atoms with van der Waals surface area (Å²) in [5.41, 5.74) is 7.11. The molecule has 10 nitrogen and oxygen atoms in total. The van der Waals surface area contributed by atoms with Gasteiger partial charge in [-0.05, 0) is 32.3 Å². The number of nitrogens with zero attached hydrogens (tertiary/aromatic N) is 5. The third kappa shape index (κ3) is 4.54. The quantitative estimate of drug-likeness (QED) is 0.573. The highest BCUT2D eigenvalue weighted by Gasteiger charge is 2.48. The van der Waals surface area contributed by atoms with Gasteiger partial charge >= 0.3 is 0 Å². The topological polar surface area (TPSA) is 119 Å². The van der Waals surface area contributed by atoms with Gasteiger partial charge < -0.3 is 34.9 Å². The van der Waals surface area contributed by atoms with E-state index in [1.807, 2.05) is 12.3 Å². The van der Waals surface area contributed by atoms with Crippen LogP contribution in [0.4, 0.5) is 11.6 Å². The molecule has 0 saturated carbocycles. The van der Waals surface area contributed by atoms with Crippen molar-refractivity contribution in [3.8, 4) is 5.75 Å². The summed E-state index contributed by atoms with van der Waals surface area (Å²) in [5, 5.41) is 10.9. The van der Waals surface area contributed by atoms with Gasteiger partial charge in [-0.2, -0.15) is 0 Å². The molecule has 2 aromatic rings. The van der Waals surface area contributed by atoms with E-state index in [1.165, 1.54) is 11.8 Å². The van der Waals surface area contributed by atoms with Gasteiger partial charge in [0.25, 0.3) is 0 Å². The first-order chi connectivity index (χ1) is 18.0. The molecule has 1 spiro atoms. The van der Waals surface area contributed by atoms with E-state index in [-0.39, 0.29) is 24.2 Å². The maximum absolute atomic E-state index is 10.2. The third-order valence-electron chi connectivity index (χ3n) is 8.52. The van der Waals surface area contributed by atoms with Crippen molar-refractivity contribution in [2.75, 3.05) is 56.4 Å². The Balaban J connectivity index is 1.18. The molecule has 4 atom stereocenters. The second-order valence-corrected chi connectivity index (χ2v) is 11.8. The van der Waals surface area contributed by atoms with Gasteiger partial charge in [0.15, 0.2) is 17.4 Å². The lowest BCUT2D eigenvalue weighted by Gasteiger charge is -2.41. The van der Waals surface area contributed by atoms with Gasteiger partial charge in [-0.1, -0.05) is 11.8 Å². The number of methoxy groups -OCH3 is 1. The molecule has 0 bridgehead atoms. The molecule has 6 heterocycles. The molecule has 1 unspecified atom stereocenters. The number of nitrogens with two attached hydrogens (primary N) is 1. The number of aliphatic hydroxyl groups is 1. The largest absolute Gasteiger partial charge is 0.486 e. The fourth-order valence-electron chi connectivity index (χ4n) is 6.38. The van der Waals surface area contributed by atoms with Crippen LogP contribution < -0.4 is 20.3 Å². The molecule has 3 N–H and O–H groups in total. The summed E-state index contributed by atoms with van der Waals surface area (Å²) in [5.74, 6) is 2.92. The average molecular weight is 529 g/mol. The summed E-state index contributed by atoms with van der Waals surface area (Å²) >= 11 is 1.50. The maximum Gasteiger partial charge on any atom is 0.175 e. The van der Waals surface area contributed by atoms with Gasteiger partial charge in [-0.15, -0.1) is 0 Å². The van der Waals surface area contributed by atoms with Crippen molar-refractivity contribution in [3.05, 3.63) is 24.2 Å². The predicted octanol–water partition coefficient (Wildman–Crippen LogP) is 2.08. The highest BCUT2D eigenvalue weighted by atomic mass is 32.2. The number of piperidine rings is 1. The van der Waals surface area contributed by atoms with Crippen LogP contribution in [-0.2, 0) is 16.1 Å². The number of fused-ring (bicyclic) bond motifs is 3. The standard InChI is InChI=1S/C26H36N6O4S/c1-16-23(27)26(15-36-16)4-7-31(8-5-26)24-19(12-33)30-21(10-29-24)37-20-3-6-28-25-22(20)35-14-18-9-17(13-34-2)11-32(18)25/h3,6,10,16-18,23,33H,4-5,7-9,11-15,27H2,1-2H3/t16-,17?,18-,23+/m0/s1. The zero-order valence-corrected chi connectivity index (χ0v) is 22.3. The number of hydrogen-bond donors (Lipinski definition) is 2. The molecule has 4 aliphatic rings. The van der Waals surface area contributed by atoms with Gasteiger partial charge in [0.2, 0.25) is 0 Å². The molecular formula is C26H36N6O4S. The van der Waals surface area contributed by atoms with E-state index >= 15 is 0 Å². The van der Waals surface area contributed by atoms with E-state index in [9.17, 15) is 5.11 Å². The van der Waals surface area contributed by atoms with E-state index in [0.29, 0.717) is 24.3 Å². The molecule has 2 aromatic heterocycles. The minimum Gasteiger partial charge on any atom is -0.486 e. The fraction of sp³-hybridized carbons (Fsp3) is 0.654. The molecular weight excluding hydrogens is 492 g/mol. The summed E-state index contributed by atoms with van der Waals surface area (Å²) in [7, 11) is 1.75. The summed E-state index contributed by atoms with van der Waals surface area (Å²) in [4.78, 5) is 19.7. The summed E-state index contributed by atoms with van der Waals surface area (Å²) in [6.07, 6.45) is 6.66. The zero-order chi connectivity index (χ0) is 25.6. The van der Waals surface area contributed by atoms with E-state index < -0.39 is 0 Å². The molecule has 0 aliphatic carbocycles. The van der Waals surface area contributed by atoms with Crippen LogP contribution in [0.3, 0.4) is 0 Å². The molecule has 37 heavy (non-hydrogen) atoms. The number of ether oxygens (including phenoxy) is 3. The molecule has 3 saturated heterocycles. The number of pyridine rings is 1. The van der Waals surface area contributed by atoms with E-state index in [4.69, 9.17) is 29.9 Å². The smallest absolute Gasteiger partial charge is 0.175 e. The SMILES string of the molecule is COCC1C[C@H]2COc3c(Sc4cnc(N5CCC6(CC5)CO[C@@H](C)[C@H]6N)c(CO)n4)ccnc3N2C1. The number of aromatic nitrogens is 3. The Bertz CT molecular complexity index is 1130. The Morgan fingerprint density at radius 2 is 2.11 bits per heavy atom. The minimum atomic E-state index is -0.167.